The predicted molar refractivity (Wildman–Crippen MR) is 92.7 cm³/mol. The molecule has 0 nitrogen and oxygen atoms in total. The van der Waals surface area contributed by atoms with Gasteiger partial charge in [-0.05, 0) is 6.92 Å². The van der Waals surface area contributed by atoms with E-state index in [1.807, 2.05) is 0 Å². The average molecular weight is 284 g/mol. The first-order valence-electron chi connectivity index (χ1n) is 7.23. The van der Waals surface area contributed by atoms with Crippen LogP contribution >= 0.6 is 0 Å². The summed E-state index contributed by atoms with van der Waals surface area (Å²) in [4.78, 5) is 0. The van der Waals surface area contributed by atoms with Crippen molar-refractivity contribution in [2.45, 2.75) is 26.6 Å². The summed E-state index contributed by atoms with van der Waals surface area (Å²) in [5.74, 6) is 0. The van der Waals surface area contributed by atoms with Gasteiger partial charge in [0.15, 0.2) is 0 Å². The molecule has 0 bridgehead atoms. The first-order chi connectivity index (χ1) is 9.47. The number of aryl methyl sites for hydroxylation is 1. The third-order valence-corrected chi connectivity index (χ3v) is 6.00. The Kier molecular flexibility index (Phi) is 4.58. The maximum Gasteiger partial charge on any atom is 1.00 e. The summed E-state index contributed by atoms with van der Waals surface area (Å²) in [7, 11) is -1.32. The zero-order chi connectivity index (χ0) is 14.3. The minimum atomic E-state index is -1.32. The molecule has 0 fully saturated rings. The van der Waals surface area contributed by atoms with Gasteiger partial charge in [-0.25, -0.2) is 0 Å². The maximum absolute atomic E-state index is 2.43. The van der Waals surface area contributed by atoms with Gasteiger partial charge in [0.1, 0.15) is 0 Å². The molecule has 0 aliphatic carbocycles. The van der Waals surface area contributed by atoms with E-state index in [9.17, 15) is 0 Å². The first-order valence-corrected chi connectivity index (χ1v) is 10.7. The Balaban J connectivity index is 0.00000161. The molecule has 0 amide bonds. The molecule has 0 aliphatic heterocycles. The second-order valence-electron chi connectivity index (χ2n) is 6.63. The van der Waals surface area contributed by atoms with Crippen molar-refractivity contribution >= 4 is 24.0 Å². The molecule has 0 N–H and O–H groups in total. The largest absolute Gasteiger partial charge is 1.00 e. The zero-order valence-corrected chi connectivity index (χ0v) is 14.7. The Labute approximate surface area is 140 Å². The van der Waals surface area contributed by atoms with Crippen molar-refractivity contribution in [3.63, 3.8) is 0 Å². The quantitative estimate of drug-likeness (QED) is 0.499. The van der Waals surface area contributed by atoms with Crippen molar-refractivity contribution in [3.8, 4) is 11.1 Å². The second kappa shape index (κ2) is 5.93. The Morgan fingerprint density at radius 2 is 1.48 bits per heavy atom. The summed E-state index contributed by atoms with van der Waals surface area (Å²) in [5, 5.41) is 4.42. The molecule has 0 saturated heterocycles. The van der Waals surface area contributed by atoms with Gasteiger partial charge in [-0.15, -0.1) is 45.8 Å². The molecule has 3 rings (SSSR count). The minimum absolute atomic E-state index is 0. The van der Waals surface area contributed by atoms with E-state index in [1.54, 1.807) is 5.19 Å². The molecule has 3 aromatic carbocycles. The molecular weight excluding hydrogens is 263 g/mol. The fraction of sp³-hybridized carbons (Fsp3) is 0.211. The van der Waals surface area contributed by atoms with Crippen LogP contribution in [-0.2, 0) is 0 Å². The van der Waals surface area contributed by atoms with Gasteiger partial charge in [-0.2, -0.15) is 0 Å². The van der Waals surface area contributed by atoms with Gasteiger partial charge in [0.25, 0.3) is 0 Å². The summed E-state index contributed by atoms with van der Waals surface area (Å²) in [5.41, 5.74) is 4.03. The fourth-order valence-electron chi connectivity index (χ4n) is 2.85. The van der Waals surface area contributed by atoms with Crippen molar-refractivity contribution < 1.29 is 18.9 Å². The standard InChI is InChI=1S/C19H21Si.Li/c1-14-9-11-15(12-10-14)18-13-19(20(2,3)4)17-8-6-5-7-16(17)18;/h5-13H,1-4H3;/q-1;+1. The Morgan fingerprint density at radius 1 is 0.857 bits per heavy atom. The molecule has 102 valence electrons. The topological polar surface area (TPSA) is 0 Å². The molecule has 0 aromatic heterocycles. The molecule has 0 radical (unpaired) electrons. The summed E-state index contributed by atoms with van der Waals surface area (Å²) >= 11 is 0. The van der Waals surface area contributed by atoms with Gasteiger partial charge in [-0.3, -0.25) is 0 Å². The molecule has 0 unspecified atom stereocenters. The third-order valence-electron chi connectivity index (χ3n) is 3.97. The fourth-order valence-corrected chi connectivity index (χ4v) is 4.45. The van der Waals surface area contributed by atoms with Crippen LogP contribution in [0.15, 0.2) is 54.6 Å². The van der Waals surface area contributed by atoms with Crippen LogP contribution in [0.1, 0.15) is 5.56 Å². The van der Waals surface area contributed by atoms with E-state index in [4.69, 9.17) is 0 Å². The van der Waals surface area contributed by atoms with E-state index in [2.05, 4.69) is 81.2 Å². The summed E-state index contributed by atoms with van der Waals surface area (Å²) in [6.45, 7) is 9.41. The smallest absolute Gasteiger partial charge is 0.148 e. The maximum atomic E-state index is 2.43. The summed E-state index contributed by atoms with van der Waals surface area (Å²) in [6.07, 6.45) is 0. The van der Waals surface area contributed by atoms with Crippen molar-refractivity contribution in [1.29, 1.82) is 0 Å². The van der Waals surface area contributed by atoms with Crippen molar-refractivity contribution in [3.05, 3.63) is 60.2 Å². The van der Waals surface area contributed by atoms with Crippen LogP contribution in [0.25, 0.3) is 21.9 Å². The van der Waals surface area contributed by atoms with Gasteiger partial charge < -0.3 is 0 Å². The van der Waals surface area contributed by atoms with E-state index in [0.717, 1.165) is 0 Å². The number of hydrogen-bond donors (Lipinski definition) is 0. The Hall–Kier alpha value is -1.14. The first kappa shape index (κ1) is 16.2. The van der Waals surface area contributed by atoms with Gasteiger partial charge in [0.05, 0.1) is 0 Å². The summed E-state index contributed by atoms with van der Waals surface area (Å²) < 4.78 is 0. The normalized spacial score (nSPS) is 11.4. The second-order valence-corrected chi connectivity index (χ2v) is 11.7. The number of hydrogen-bond acceptors (Lipinski definition) is 0. The molecule has 0 heterocycles. The molecule has 0 spiro atoms. The monoisotopic (exact) mass is 284 g/mol. The molecule has 2 heteroatoms. The van der Waals surface area contributed by atoms with Crippen molar-refractivity contribution in [1.82, 2.24) is 0 Å². The van der Waals surface area contributed by atoms with Gasteiger partial charge in [-0.1, -0.05) is 61.1 Å². The van der Waals surface area contributed by atoms with E-state index >= 15 is 0 Å². The van der Waals surface area contributed by atoms with Crippen LogP contribution in [0.3, 0.4) is 0 Å². The molecule has 0 saturated carbocycles. The number of fused-ring (bicyclic) bond motifs is 1. The number of benzene rings is 2. The molecule has 0 atom stereocenters. The Morgan fingerprint density at radius 3 is 2.10 bits per heavy atom. The van der Waals surface area contributed by atoms with E-state index in [-0.39, 0.29) is 18.9 Å². The molecule has 3 aromatic rings. The van der Waals surface area contributed by atoms with Crippen LogP contribution < -0.4 is 24.0 Å². The minimum Gasteiger partial charge on any atom is -0.148 e. The van der Waals surface area contributed by atoms with Gasteiger partial charge in [0, 0.05) is 8.07 Å². The molecule has 21 heavy (non-hydrogen) atoms. The van der Waals surface area contributed by atoms with Gasteiger partial charge >= 0.3 is 18.9 Å². The predicted octanol–water partition coefficient (Wildman–Crippen LogP) is 2.08. The van der Waals surface area contributed by atoms with Crippen LogP contribution in [-0.4, -0.2) is 8.07 Å². The number of rotatable bonds is 2. The zero-order valence-electron chi connectivity index (χ0n) is 13.7. The van der Waals surface area contributed by atoms with Crippen LogP contribution in [0.4, 0.5) is 0 Å². The van der Waals surface area contributed by atoms with E-state index < -0.39 is 8.07 Å². The van der Waals surface area contributed by atoms with E-state index in [1.165, 1.54) is 27.5 Å². The Bertz CT molecular complexity index is 745. The van der Waals surface area contributed by atoms with E-state index in [0.29, 0.717) is 0 Å². The summed E-state index contributed by atoms with van der Waals surface area (Å²) in [6, 6.07) is 20.2. The average Bonchev–Trinajstić information content (AvgIpc) is 2.79. The van der Waals surface area contributed by atoms with Crippen molar-refractivity contribution in [2.75, 3.05) is 0 Å². The molecule has 0 aliphatic rings. The van der Waals surface area contributed by atoms with Crippen LogP contribution in [0.5, 0.6) is 0 Å². The van der Waals surface area contributed by atoms with Crippen molar-refractivity contribution in [2.24, 2.45) is 0 Å². The third kappa shape index (κ3) is 3.06. The SMILES string of the molecule is Cc1ccc(-c2c[c-]([Si](C)(C)C)c3ccccc23)cc1.[Li+]. The molecular formula is C19H21LiSi. The van der Waals surface area contributed by atoms with Crippen LogP contribution in [0, 0.1) is 6.92 Å². The van der Waals surface area contributed by atoms with Crippen LogP contribution in [0.2, 0.25) is 19.6 Å². The van der Waals surface area contributed by atoms with Gasteiger partial charge in [0.2, 0.25) is 0 Å².